The molecule has 1 amide bonds. The molecule has 30 heavy (non-hydrogen) atoms. The molecule has 4 rings (SSSR count). The van der Waals surface area contributed by atoms with Gasteiger partial charge in [0.2, 0.25) is 0 Å². The molecule has 0 radical (unpaired) electrons. The maximum atomic E-state index is 13.5. The van der Waals surface area contributed by atoms with Crippen LogP contribution in [0.25, 0.3) is 22.1 Å². The van der Waals surface area contributed by atoms with Gasteiger partial charge in [0.15, 0.2) is 6.61 Å². The molecular formula is C22H19F2NO5. The van der Waals surface area contributed by atoms with Gasteiger partial charge in [-0.25, -0.2) is 13.6 Å². The van der Waals surface area contributed by atoms with Crippen LogP contribution in [0.5, 0.6) is 5.75 Å². The molecule has 1 aliphatic heterocycles. The van der Waals surface area contributed by atoms with Crippen molar-refractivity contribution in [3.8, 4) is 16.9 Å². The second kappa shape index (κ2) is 8.23. The summed E-state index contributed by atoms with van der Waals surface area (Å²) in [4.78, 5) is 26.3. The number of likely N-dealkylation sites (tertiary alicyclic amines) is 1. The zero-order valence-corrected chi connectivity index (χ0v) is 15.9. The van der Waals surface area contributed by atoms with E-state index in [0.29, 0.717) is 17.7 Å². The monoisotopic (exact) mass is 415 g/mol. The standard InChI is InChI=1S/C22H19F2NO5/c23-15-6-14(7-16(24)9-15)19-8-13-3-4-18(10-20(13)30-22(19)28)29-12-21(27)25-5-1-2-17(25)11-26/h3-4,6-10,17,26H,1-2,5,11-12H2/t17-/m1/s1. The molecule has 2 aromatic carbocycles. The van der Waals surface area contributed by atoms with E-state index in [1.165, 1.54) is 12.1 Å². The van der Waals surface area contributed by atoms with Crippen molar-refractivity contribution in [2.45, 2.75) is 18.9 Å². The van der Waals surface area contributed by atoms with Crippen molar-refractivity contribution in [2.75, 3.05) is 19.8 Å². The van der Waals surface area contributed by atoms with Crippen LogP contribution in [0, 0.1) is 11.6 Å². The highest BCUT2D eigenvalue weighted by molar-refractivity contribution is 5.83. The van der Waals surface area contributed by atoms with E-state index >= 15 is 0 Å². The number of fused-ring (bicyclic) bond motifs is 1. The largest absolute Gasteiger partial charge is 0.484 e. The number of amides is 1. The van der Waals surface area contributed by atoms with Gasteiger partial charge in [-0.3, -0.25) is 4.79 Å². The number of carbonyl (C=O) groups excluding carboxylic acids is 1. The molecule has 1 saturated heterocycles. The van der Waals surface area contributed by atoms with Gasteiger partial charge in [0, 0.05) is 24.1 Å². The Morgan fingerprint density at radius 2 is 1.93 bits per heavy atom. The van der Waals surface area contributed by atoms with Crippen LogP contribution in [0.4, 0.5) is 8.78 Å². The lowest BCUT2D eigenvalue weighted by Crippen LogP contribution is -2.40. The quantitative estimate of drug-likeness (QED) is 0.648. The van der Waals surface area contributed by atoms with Crippen LogP contribution in [0.3, 0.4) is 0 Å². The summed E-state index contributed by atoms with van der Waals surface area (Å²) < 4.78 is 37.8. The molecule has 6 nitrogen and oxygen atoms in total. The van der Waals surface area contributed by atoms with Gasteiger partial charge >= 0.3 is 5.63 Å². The minimum atomic E-state index is -0.792. The first kappa shape index (κ1) is 20.0. The van der Waals surface area contributed by atoms with Crippen molar-refractivity contribution in [1.29, 1.82) is 0 Å². The predicted octanol–water partition coefficient (Wildman–Crippen LogP) is 3.10. The van der Waals surface area contributed by atoms with Gasteiger partial charge in [-0.2, -0.15) is 0 Å². The number of benzene rings is 2. The first-order valence-corrected chi connectivity index (χ1v) is 9.52. The van der Waals surface area contributed by atoms with Gasteiger partial charge in [-0.15, -0.1) is 0 Å². The molecule has 8 heteroatoms. The van der Waals surface area contributed by atoms with E-state index in [1.54, 1.807) is 17.0 Å². The lowest BCUT2D eigenvalue weighted by atomic mass is 10.1. The predicted molar refractivity (Wildman–Crippen MR) is 105 cm³/mol. The smallest absolute Gasteiger partial charge is 0.344 e. The number of hydrogen-bond acceptors (Lipinski definition) is 5. The number of carbonyl (C=O) groups is 1. The number of ether oxygens (including phenoxy) is 1. The summed E-state index contributed by atoms with van der Waals surface area (Å²) in [5.74, 6) is -1.47. The van der Waals surface area contributed by atoms with E-state index in [4.69, 9.17) is 9.15 Å². The third kappa shape index (κ3) is 4.04. The number of halogens is 2. The highest BCUT2D eigenvalue weighted by atomic mass is 19.1. The molecule has 1 fully saturated rings. The summed E-state index contributed by atoms with van der Waals surface area (Å²) >= 11 is 0. The SMILES string of the molecule is O=C(COc1ccc2cc(-c3cc(F)cc(F)c3)c(=O)oc2c1)N1CCC[C@@H]1CO. The van der Waals surface area contributed by atoms with Crippen molar-refractivity contribution in [3.05, 3.63) is 64.5 Å². The van der Waals surface area contributed by atoms with Gasteiger partial charge < -0.3 is 19.2 Å². The van der Waals surface area contributed by atoms with Gasteiger partial charge in [-0.05, 0) is 48.7 Å². The van der Waals surface area contributed by atoms with Gasteiger partial charge in [-0.1, -0.05) is 0 Å². The maximum Gasteiger partial charge on any atom is 0.344 e. The van der Waals surface area contributed by atoms with Gasteiger partial charge in [0.1, 0.15) is 23.0 Å². The average molecular weight is 415 g/mol. The molecule has 1 atom stereocenters. The Morgan fingerprint density at radius 3 is 2.67 bits per heavy atom. The van der Waals surface area contributed by atoms with E-state index in [2.05, 4.69) is 0 Å². The fourth-order valence-electron chi connectivity index (χ4n) is 3.67. The fourth-order valence-corrected chi connectivity index (χ4v) is 3.67. The molecule has 0 unspecified atom stereocenters. The fraction of sp³-hybridized carbons (Fsp3) is 0.273. The molecular weight excluding hydrogens is 396 g/mol. The lowest BCUT2D eigenvalue weighted by molar-refractivity contribution is -0.134. The molecule has 0 spiro atoms. The third-order valence-corrected chi connectivity index (χ3v) is 5.15. The van der Waals surface area contributed by atoms with Crippen LogP contribution in [0.15, 0.2) is 51.7 Å². The van der Waals surface area contributed by atoms with Crippen molar-refractivity contribution in [1.82, 2.24) is 4.90 Å². The Labute approximate surface area is 170 Å². The average Bonchev–Trinajstić information content (AvgIpc) is 3.19. The molecule has 156 valence electrons. The van der Waals surface area contributed by atoms with E-state index in [1.807, 2.05) is 0 Å². The minimum Gasteiger partial charge on any atom is -0.484 e. The van der Waals surface area contributed by atoms with Gasteiger partial charge in [0.05, 0.1) is 18.2 Å². The second-order valence-corrected chi connectivity index (χ2v) is 7.16. The maximum absolute atomic E-state index is 13.5. The number of aliphatic hydroxyl groups excluding tert-OH is 1. The van der Waals surface area contributed by atoms with E-state index in [9.17, 15) is 23.5 Å². The van der Waals surface area contributed by atoms with Crippen LogP contribution in [0.1, 0.15) is 12.8 Å². The first-order chi connectivity index (χ1) is 14.4. The summed E-state index contributed by atoms with van der Waals surface area (Å²) in [6, 6.07) is 8.87. The Hall–Kier alpha value is -3.26. The Bertz CT molecular complexity index is 1140. The van der Waals surface area contributed by atoms with E-state index in [-0.39, 0.29) is 41.9 Å². The second-order valence-electron chi connectivity index (χ2n) is 7.16. The van der Waals surface area contributed by atoms with Crippen LogP contribution < -0.4 is 10.4 Å². The molecule has 3 aromatic rings. The number of hydrogen-bond donors (Lipinski definition) is 1. The summed E-state index contributed by atoms with van der Waals surface area (Å²) in [5, 5.41) is 9.87. The van der Waals surface area contributed by atoms with Crippen molar-refractivity contribution < 1.29 is 27.8 Å². The topological polar surface area (TPSA) is 80.0 Å². The minimum absolute atomic E-state index is 0.0359. The summed E-state index contributed by atoms with van der Waals surface area (Å²) in [7, 11) is 0. The van der Waals surface area contributed by atoms with Crippen molar-refractivity contribution in [3.63, 3.8) is 0 Å². The number of nitrogens with zero attached hydrogens (tertiary/aromatic N) is 1. The Morgan fingerprint density at radius 1 is 1.17 bits per heavy atom. The summed E-state index contributed by atoms with van der Waals surface area (Å²) in [5.41, 5.74) is -0.407. The molecule has 0 aliphatic carbocycles. The molecule has 2 heterocycles. The molecule has 0 saturated carbocycles. The normalized spacial score (nSPS) is 16.2. The zero-order chi connectivity index (χ0) is 21.3. The van der Waals surface area contributed by atoms with Crippen LogP contribution >= 0.6 is 0 Å². The summed E-state index contributed by atoms with van der Waals surface area (Å²) in [6.45, 7) is 0.306. The molecule has 0 bridgehead atoms. The van der Waals surface area contributed by atoms with Crippen molar-refractivity contribution >= 4 is 16.9 Å². The zero-order valence-electron chi connectivity index (χ0n) is 15.9. The highest BCUT2D eigenvalue weighted by Gasteiger charge is 2.28. The Kier molecular flexibility index (Phi) is 5.50. The number of rotatable bonds is 5. The van der Waals surface area contributed by atoms with Crippen molar-refractivity contribution in [2.24, 2.45) is 0 Å². The molecule has 1 aliphatic rings. The van der Waals surface area contributed by atoms with E-state index < -0.39 is 17.3 Å². The molecule has 1 N–H and O–H groups in total. The van der Waals surface area contributed by atoms with Gasteiger partial charge in [0.25, 0.3) is 5.91 Å². The third-order valence-electron chi connectivity index (χ3n) is 5.15. The van der Waals surface area contributed by atoms with Crippen LogP contribution in [0.2, 0.25) is 0 Å². The summed E-state index contributed by atoms with van der Waals surface area (Å²) in [6.07, 6.45) is 1.61. The van der Waals surface area contributed by atoms with Crippen LogP contribution in [-0.4, -0.2) is 41.7 Å². The lowest BCUT2D eigenvalue weighted by Gasteiger charge is -2.22. The number of aliphatic hydroxyl groups is 1. The van der Waals surface area contributed by atoms with E-state index in [0.717, 1.165) is 31.0 Å². The first-order valence-electron chi connectivity index (χ1n) is 9.52. The van der Waals surface area contributed by atoms with Crippen LogP contribution in [-0.2, 0) is 4.79 Å². The molecule has 1 aromatic heterocycles. The highest BCUT2D eigenvalue weighted by Crippen LogP contribution is 2.26. The Balaban J connectivity index is 1.55.